The van der Waals surface area contributed by atoms with Gasteiger partial charge in [-0.25, -0.2) is 12.8 Å². The molecule has 1 unspecified atom stereocenters. The fraction of sp³-hybridized carbons (Fsp3) is 0.462. The van der Waals surface area contributed by atoms with E-state index in [4.69, 9.17) is 11.6 Å². The maximum Gasteiger partial charge on any atom is 0.242 e. The van der Waals surface area contributed by atoms with Gasteiger partial charge >= 0.3 is 0 Å². The summed E-state index contributed by atoms with van der Waals surface area (Å²) in [7, 11) is -3.78. The van der Waals surface area contributed by atoms with E-state index in [1.807, 2.05) is 26.8 Å². The molecule has 0 bridgehead atoms. The highest BCUT2D eigenvalue weighted by atomic mass is 35.5. The average Bonchev–Trinajstić information content (AvgIpc) is 2.81. The second kappa shape index (κ2) is 13.6. The zero-order valence-electron chi connectivity index (χ0n) is 21.2. The second-order valence-corrected chi connectivity index (χ2v) is 11.4. The van der Waals surface area contributed by atoms with Crippen LogP contribution in [0.5, 0.6) is 0 Å². The highest BCUT2D eigenvalue weighted by molar-refractivity contribution is 7.92. The van der Waals surface area contributed by atoms with E-state index in [1.165, 1.54) is 23.1 Å². The molecule has 0 radical (unpaired) electrons. The van der Waals surface area contributed by atoms with Crippen LogP contribution < -0.4 is 9.62 Å². The molecule has 0 aliphatic rings. The van der Waals surface area contributed by atoms with Gasteiger partial charge in [-0.2, -0.15) is 0 Å². The Balaban J connectivity index is 2.23. The first-order valence-corrected chi connectivity index (χ1v) is 14.2. The lowest BCUT2D eigenvalue weighted by Gasteiger charge is -2.31. The summed E-state index contributed by atoms with van der Waals surface area (Å²) in [6.07, 6.45) is 1.50. The minimum Gasteiger partial charge on any atom is -0.354 e. The number of hydrogen-bond donors (Lipinski definition) is 1. The Kier molecular flexibility index (Phi) is 11.2. The van der Waals surface area contributed by atoms with E-state index in [-0.39, 0.29) is 49.4 Å². The molecule has 1 N–H and O–H groups in total. The summed E-state index contributed by atoms with van der Waals surface area (Å²) in [5.41, 5.74) is 0.631. The Morgan fingerprint density at radius 3 is 2.31 bits per heavy atom. The second-order valence-electron chi connectivity index (χ2n) is 9.07. The molecule has 1 atom stereocenters. The van der Waals surface area contributed by atoms with Gasteiger partial charge in [-0.05, 0) is 42.5 Å². The number of para-hydroxylation sites is 1. The molecule has 0 heterocycles. The predicted octanol–water partition coefficient (Wildman–Crippen LogP) is 4.60. The first-order valence-electron chi connectivity index (χ1n) is 12.0. The fourth-order valence-corrected chi connectivity index (χ4v) is 4.95. The Hall–Kier alpha value is -2.65. The largest absolute Gasteiger partial charge is 0.354 e. The quantitative estimate of drug-likeness (QED) is 0.403. The summed E-state index contributed by atoms with van der Waals surface area (Å²) in [4.78, 5) is 27.9. The number of benzene rings is 2. The average molecular weight is 540 g/mol. The van der Waals surface area contributed by atoms with Crippen molar-refractivity contribution in [1.29, 1.82) is 0 Å². The van der Waals surface area contributed by atoms with Crippen LogP contribution in [-0.4, -0.2) is 50.5 Å². The topological polar surface area (TPSA) is 86.8 Å². The monoisotopic (exact) mass is 539 g/mol. The smallest absolute Gasteiger partial charge is 0.242 e. The van der Waals surface area contributed by atoms with E-state index in [9.17, 15) is 22.4 Å². The van der Waals surface area contributed by atoms with Gasteiger partial charge in [0.05, 0.1) is 11.9 Å². The standard InChI is InChI=1S/C26H35ClFN3O4S/c1-5-23(26(33)29-17-19(2)3)30(18-20-11-6-7-12-21(20)27)25(32)15-10-16-31(36(4,34)35)24-14-9-8-13-22(24)28/h6-9,11-14,19,23H,5,10,15-18H2,1-4H3,(H,29,33). The van der Waals surface area contributed by atoms with Crippen molar-refractivity contribution in [2.45, 2.75) is 52.6 Å². The number of nitrogens with one attached hydrogen (secondary N) is 1. The van der Waals surface area contributed by atoms with Gasteiger partial charge in [0.15, 0.2) is 0 Å². The number of carbonyl (C=O) groups is 2. The molecule has 2 amide bonds. The molecule has 0 aromatic heterocycles. The molecule has 7 nitrogen and oxygen atoms in total. The summed E-state index contributed by atoms with van der Waals surface area (Å²) >= 11 is 6.33. The number of carbonyl (C=O) groups excluding carboxylic acids is 2. The summed E-state index contributed by atoms with van der Waals surface area (Å²) in [5.74, 6) is -0.985. The van der Waals surface area contributed by atoms with Crippen molar-refractivity contribution in [2.24, 2.45) is 5.92 Å². The van der Waals surface area contributed by atoms with Crippen molar-refractivity contribution in [2.75, 3.05) is 23.7 Å². The number of sulfonamides is 1. The minimum absolute atomic E-state index is 0.0289. The van der Waals surface area contributed by atoms with E-state index in [2.05, 4.69) is 5.32 Å². The van der Waals surface area contributed by atoms with Crippen LogP contribution in [0.1, 0.15) is 45.6 Å². The third-order valence-corrected chi connectivity index (χ3v) is 7.19. The molecule has 0 fully saturated rings. The van der Waals surface area contributed by atoms with Gasteiger partial charge in [0.25, 0.3) is 0 Å². The molecule has 0 saturated heterocycles. The number of hydrogen-bond acceptors (Lipinski definition) is 4. The summed E-state index contributed by atoms with van der Waals surface area (Å²) in [6, 6.07) is 12.0. The van der Waals surface area contributed by atoms with Gasteiger partial charge in [-0.1, -0.05) is 62.7 Å². The summed E-state index contributed by atoms with van der Waals surface area (Å²) in [6.45, 7) is 6.33. The van der Waals surface area contributed by atoms with Gasteiger partial charge in [0, 0.05) is 31.1 Å². The zero-order valence-corrected chi connectivity index (χ0v) is 22.8. The predicted molar refractivity (Wildman–Crippen MR) is 142 cm³/mol. The van der Waals surface area contributed by atoms with E-state index < -0.39 is 21.9 Å². The van der Waals surface area contributed by atoms with Crippen LogP contribution >= 0.6 is 11.6 Å². The summed E-state index contributed by atoms with van der Waals surface area (Å²) in [5, 5.41) is 3.38. The van der Waals surface area contributed by atoms with Crippen molar-refractivity contribution in [3.63, 3.8) is 0 Å². The Bertz CT molecular complexity index is 1140. The lowest BCUT2D eigenvalue weighted by Crippen LogP contribution is -2.49. The van der Waals surface area contributed by atoms with Gasteiger partial charge in [-0.15, -0.1) is 0 Å². The highest BCUT2D eigenvalue weighted by Crippen LogP contribution is 2.23. The number of anilines is 1. The molecule has 2 aromatic rings. The van der Waals surface area contributed by atoms with Crippen molar-refractivity contribution in [3.8, 4) is 0 Å². The third-order valence-electron chi connectivity index (χ3n) is 5.64. The molecule has 2 rings (SSSR count). The normalized spacial score (nSPS) is 12.3. The minimum atomic E-state index is -3.78. The number of halogens is 2. The van der Waals surface area contributed by atoms with E-state index >= 15 is 0 Å². The van der Waals surface area contributed by atoms with Gasteiger partial charge in [-0.3, -0.25) is 13.9 Å². The van der Waals surface area contributed by atoms with Gasteiger partial charge in [0.2, 0.25) is 21.8 Å². The van der Waals surface area contributed by atoms with E-state index in [0.29, 0.717) is 23.6 Å². The van der Waals surface area contributed by atoms with E-state index in [1.54, 1.807) is 24.3 Å². The lowest BCUT2D eigenvalue weighted by atomic mass is 10.1. The van der Waals surface area contributed by atoms with Gasteiger partial charge in [0.1, 0.15) is 11.9 Å². The van der Waals surface area contributed by atoms with Crippen LogP contribution in [-0.2, 0) is 26.2 Å². The van der Waals surface area contributed by atoms with Crippen molar-refractivity contribution in [1.82, 2.24) is 10.2 Å². The molecular weight excluding hydrogens is 505 g/mol. The Morgan fingerprint density at radius 1 is 1.08 bits per heavy atom. The van der Waals surface area contributed by atoms with Crippen molar-refractivity contribution in [3.05, 3.63) is 64.9 Å². The molecule has 0 aliphatic carbocycles. The first kappa shape index (κ1) is 29.6. The SMILES string of the molecule is CCC(C(=O)NCC(C)C)N(Cc1ccccc1Cl)C(=O)CCCN(c1ccccc1F)S(C)(=O)=O. The molecule has 0 saturated carbocycles. The summed E-state index contributed by atoms with van der Waals surface area (Å²) < 4.78 is 39.9. The van der Waals surface area contributed by atoms with Gasteiger partial charge < -0.3 is 10.2 Å². The molecule has 0 aliphatic heterocycles. The van der Waals surface area contributed by atoms with Crippen LogP contribution in [0.2, 0.25) is 5.02 Å². The molecule has 0 spiro atoms. The van der Waals surface area contributed by atoms with Crippen LogP contribution in [0.15, 0.2) is 48.5 Å². The molecular formula is C26H35ClFN3O4S. The lowest BCUT2D eigenvalue weighted by molar-refractivity contribution is -0.141. The molecule has 10 heteroatoms. The van der Waals surface area contributed by atoms with E-state index in [0.717, 1.165) is 10.6 Å². The molecule has 36 heavy (non-hydrogen) atoms. The number of rotatable bonds is 13. The maximum absolute atomic E-state index is 14.3. The number of nitrogens with zero attached hydrogens (tertiary/aromatic N) is 2. The van der Waals surface area contributed by atoms with Crippen molar-refractivity contribution < 1.29 is 22.4 Å². The molecule has 198 valence electrons. The first-order chi connectivity index (χ1) is 17.0. The third kappa shape index (κ3) is 8.48. The van der Waals surface area contributed by atoms with Crippen LogP contribution in [0.4, 0.5) is 10.1 Å². The van der Waals surface area contributed by atoms with Crippen LogP contribution in [0, 0.1) is 11.7 Å². The Morgan fingerprint density at radius 2 is 1.72 bits per heavy atom. The zero-order chi connectivity index (χ0) is 26.9. The fourth-order valence-electron chi connectivity index (χ4n) is 3.79. The number of amides is 2. The molecule has 2 aromatic carbocycles. The maximum atomic E-state index is 14.3. The van der Waals surface area contributed by atoms with Crippen molar-refractivity contribution >= 4 is 39.1 Å². The highest BCUT2D eigenvalue weighted by Gasteiger charge is 2.29. The van der Waals surface area contributed by atoms with Crippen LogP contribution in [0.25, 0.3) is 0 Å². The van der Waals surface area contributed by atoms with Crippen LogP contribution in [0.3, 0.4) is 0 Å². The Labute approximate surface area is 218 Å².